The molecule has 1 aliphatic heterocycles. The Kier molecular flexibility index (Phi) is 6.03. The maximum absolute atomic E-state index is 13.2. The summed E-state index contributed by atoms with van der Waals surface area (Å²) in [5.41, 5.74) is 5.08. The molecule has 1 saturated heterocycles. The molecule has 0 atom stereocenters. The molecule has 0 amide bonds. The molecular formula is C25H32ClNO. The quantitative estimate of drug-likeness (QED) is 0.636. The number of hydrogen-bond acceptors (Lipinski definition) is 2. The fourth-order valence-electron chi connectivity index (χ4n) is 4.72. The molecule has 1 fully saturated rings. The number of ketones is 1. The normalized spacial score (nSPS) is 19.2. The second kappa shape index (κ2) is 8.00. The van der Waals surface area contributed by atoms with Gasteiger partial charge in [-0.2, -0.15) is 0 Å². The van der Waals surface area contributed by atoms with E-state index in [9.17, 15) is 4.79 Å². The Hall–Kier alpha value is -1.64. The summed E-state index contributed by atoms with van der Waals surface area (Å²) in [5.74, 6) is 0.401. The van der Waals surface area contributed by atoms with Crippen LogP contribution >= 0.6 is 12.4 Å². The van der Waals surface area contributed by atoms with Crippen molar-refractivity contribution in [3.05, 3.63) is 70.8 Å². The Balaban J connectivity index is 0.00000225. The zero-order valence-corrected chi connectivity index (χ0v) is 18.1. The molecule has 0 saturated carbocycles. The molecular weight excluding hydrogens is 366 g/mol. The maximum Gasteiger partial charge on any atom is 0.169 e. The van der Waals surface area contributed by atoms with Crippen LogP contribution in [0.15, 0.2) is 48.5 Å². The highest BCUT2D eigenvalue weighted by Gasteiger charge is 2.44. The molecule has 0 N–H and O–H groups in total. The molecule has 2 aromatic carbocycles. The molecule has 2 aromatic rings. The summed E-state index contributed by atoms with van der Waals surface area (Å²) in [6, 6.07) is 17.3. The van der Waals surface area contributed by atoms with E-state index in [0.717, 1.165) is 50.9 Å². The van der Waals surface area contributed by atoms with Gasteiger partial charge in [-0.3, -0.25) is 9.69 Å². The lowest BCUT2D eigenvalue weighted by Crippen LogP contribution is -2.46. The first-order valence-electron chi connectivity index (χ1n) is 10.3. The fraction of sp³-hybridized carbons (Fsp3) is 0.480. The number of likely N-dealkylation sites (tertiary alicyclic amines) is 1. The predicted octanol–water partition coefficient (Wildman–Crippen LogP) is 5.82. The van der Waals surface area contributed by atoms with Crippen LogP contribution in [0, 0.1) is 5.41 Å². The number of benzene rings is 2. The number of hydrogen-bond donors (Lipinski definition) is 0. The molecule has 1 heterocycles. The Bertz CT molecular complexity index is 826. The van der Waals surface area contributed by atoms with Crippen LogP contribution in [-0.4, -0.2) is 23.8 Å². The van der Waals surface area contributed by atoms with Crippen LogP contribution in [0.25, 0.3) is 0 Å². The van der Waals surface area contributed by atoms with Gasteiger partial charge in [-0.05, 0) is 60.9 Å². The van der Waals surface area contributed by atoms with Crippen LogP contribution in [0.4, 0.5) is 0 Å². The van der Waals surface area contributed by atoms with E-state index in [1.807, 2.05) is 12.1 Å². The van der Waals surface area contributed by atoms with Gasteiger partial charge in [0, 0.05) is 17.5 Å². The van der Waals surface area contributed by atoms with Gasteiger partial charge in [-0.15, -0.1) is 12.4 Å². The molecule has 1 spiro atoms. The Morgan fingerprint density at radius 2 is 1.57 bits per heavy atom. The minimum atomic E-state index is -0.110. The molecule has 0 radical (unpaired) electrons. The summed E-state index contributed by atoms with van der Waals surface area (Å²) in [6.45, 7) is 9.80. The number of aryl methyl sites for hydroxylation is 1. The minimum absolute atomic E-state index is 0. The average molecular weight is 398 g/mol. The van der Waals surface area contributed by atoms with E-state index in [1.165, 1.54) is 16.7 Å². The van der Waals surface area contributed by atoms with Crippen LogP contribution in [-0.2, 0) is 18.4 Å². The highest BCUT2D eigenvalue weighted by Crippen LogP contribution is 2.43. The van der Waals surface area contributed by atoms with E-state index in [1.54, 1.807) is 0 Å². The Morgan fingerprint density at radius 1 is 0.929 bits per heavy atom. The van der Waals surface area contributed by atoms with E-state index >= 15 is 0 Å². The van der Waals surface area contributed by atoms with Crippen LogP contribution in [0.2, 0.25) is 0 Å². The smallest absolute Gasteiger partial charge is 0.169 e. The van der Waals surface area contributed by atoms with Crippen LogP contribution in [0.1, 0.15) is 67.1 Å². The van der Waals surface area contributed by atoms with Crippen molar-refractivity contribution in [3.63, 3.8) is 0 Å². The lowest BCUT2D eigenvalue weighted by atomic mass is 9.65. The van der Waals surface area contributed by atoms with Crippen molar-refractivity contribution in [2.45, 2.75) is 58.4 Å². The summed E-state index contributed by atoms with van der Waals surface area (Å²) in [5, 5.41) is 0. The summed E-state index contributed by atoms with van der Waals surface area (Å²) < 4.78 is 0. The number of Topliss-reactive ketones (excluding diaryl/α,β-unsaturated/α-hetero) is 1. The summed E-state index contributed by atoms with van der Waals surface area (Å²) in [6.07, 6.45) is 4.08. The molecule has 1 aliphatic carbocycles. The monoisotopic (exact) mass is 397 g/mol. The number of carbonyl (C=O) groups excluding carboxylic acids is 1. The number of piperidine rings is 1. The lowest BCUT2D eigenvalue weighted by Gasteiger charge is -2.43. The van der Waals surface area contributed by atoms with Gasteiger partial charge in [0.05, 0.1) is 0 Å². The SMILES string of the molecule is CC(C)(C)c1ccc(CN2CCC3(CCc4ccccc4C3=O)CC2)cc1.Cl. The van der Waals surface area contributed by atoms with Gasteiger partial charge >= 0.3 is 0 Å². The average Bonchev–Trinajstić information content (AvgIpc) is 2.67. The van der Waals surface area contributed by atoms with Crippen molar-refractivity contribution in [3.8, 4) is 0 Å². The number of rotatable bonds is 2. The summed E-state index contributed by atoms with van der Waals surface area (Å²) in [7, 11) is 0. The van der Waals surface area contributed by atoms with Crippen molar-refractivity contribution >= 4 is 18.2 Å². The topological polar surface area (TPSA) is 20.3 Å². The first kappa shape index (κ1) is 21.1. The molecule has 0 bridgehead atoms. The van der Waals surface area contributed by atoms with Gasteiger partial charge in [0.1, 0.15) is 0 Å². The van der Waals surface area contributed by atoms with E-state index < -0.39 is 0 Å². The van der Waals surface area contributed by atoms with Gasteiger partial charge in [0.2, 0.25) is 0 Å². The maximum atomic E-state index is 13.2. The highest BCUT2D eigenvalue weighted by atomic mass is 35.5. The van der Waals surface area contributed by atoms with Crippen LogP contribution in [0.5, 0.6) is 0 Å². The van der Waals surface area contributed by atoms with Gasteiger partial charge in [-0.1, -0.05) is 69.3 Å². The van der Waals surface area contributed by atoms with Gasteiger partial charge in [-0.25, -0.2) is 0 Å². The standard InChI is InChI=1S/C25H31NO.ClH/c1-24(2,3)21-10-8-19(9-11-21)18-26-16-14-25(15-17-26)13-12-20-6-4-5-7-22(20)23(25)27;/h4-11H,12-18H2,1-3H3;1H. The van der Waals surface area contributed by atoms with Crippen molar-refractivity contribution in [2.75, 3.05) is 13.1 Å². The molecule has 0 unspecified atom stereocenters. The van der Waals surface area contributed by atoms with Gasteiger partial charge < -0.3 is 0 Å². The fourth-order valence-corrected chi connectivity index (χ4v) is 4.72. The molecule has 2 nitrogen and oxygen atoms in total. The van der Waals surface area contributed by atoms with Crippen LogP contribution < -0.4 is 0 Å². The second-order valence-electron chi connectivity index (χ2n) is 9.49. The van der Waals surface area contributed by atoms with E-state index in [4.69, 9.17) is 0 Å². The second-order valence-corrected chi connectivity index (χ2v) is 9.49. The minimum Gasteiger partial charge on any atom is -0.299 e. The first-order valence-corrected chi connectivity index (χ1v) is 10.3. The zero-order valence-electron chi connectivity index (χ0n) is 17.3. The van der Waals surface area contributed by atoms with Crippen molar-refractivity contribution in [1.29, 1.82) is 0 Å². The van der Waals surface area contributed by atoms with Gasteiger partial charge in [0.15, 0.2) is 5.78 Å². The molecule has 3 heteroatoms. The van der Waals surface area contributed by atoms with E-state index in [2.05, 4.69) is 62.1 Å². The highest BCUT2D eigenvalue weighted by molar-refractivity contribution is 6.02. The van der Waals surface area contributed by atoms with Crippen molar-refractivity contribution in [1.82, 2.24) is 4.90 Å². The lowest BCUT2D eigenvalue weighted by molar-refractivity contribution is 0.0529. The molecule has 150 valence electrons. The molecule has 28 heavy (non-hydrogen) atoms. The van der Waals surface area contributed by atoms with E-state index in [-0.39, 0.29) is 23.2 Å². The predicted molar refractivity (Wildman–Crippen MR) is 118 cm³/mol. The molecule has 0 aromatic heterocycles. The largest absolute Gasteiger partial charge is 0.299 e. The number of nitrogens with zero attached hydrogens (tertiary/aromatic N) is 1. The molecule has 4 rings (SSSR count). The first-order chi connectivity index (χ1) is 12.9. The number of carbonyl (C=O) groups is 1. The van der Waals surface area contributed by atoms with Crippen molar-refractivity contribution in [2.24, 2.45) is 5.41 Å². The Labute approximate surface area is 175 Å². The Morgan fingerprint density at radius 3 is 2.21 bits per heavy atom. The van der Waals surface area contributed by atoms with E-state index in [0.29, 0.717) is 5.78 Å². The number of halogens is 1. The van der Waals surface area contributed by atoms with Crippen molar-refractivity contribution < 1.29 is 4.79 Å². The number of fused-ring (bicyclic) bond motifs is 1. The third-order valence-electron chi connectivity index (χ3n) is 6.66. The molecule has 2 aliphatic rings. The zero-order chi connectivity index (χ0) is 19.1. The van der Waals surface area contributed by atoms with Gasteiger partial charge in [0.25, 0.3) is 0 Å². The third-order valence-corrected chi connectivity index (χ3v) is 6.66. The summed E-state index contributed by atoms with van der Waals surface area (Å²) in [4.78, 5) is 15.7. The third kappa shape index (κ3) is 4.04. The summed E-state index contributed by atoms with van der Waals surface area (Å²) >= 11 is 0. The van der Waals surface area contributed by atoms with Crippen LogP contribution in [0.3, 0.4) is 0 Å².